The predicted octanol–water partition coefficient (Wildman–Crippen LogP) is 1.60. The van der Waals surface area contributed by atoms with Gasteiger partial charge in [0.05, 0.1) is 0 Å². The first-order chi connectivity index (χ1) is 12.9. The molecule has 2 aromatic rings. The van der Waals surface area contributed by atoms with E-state index < -0.39 is 5.95 Å². The standard InChI is InChI=1S/C18H23FN6O2/c1-10(2)5-11-6-14(21-20-11)17(26)24-8-13-4-3-12(24)9-25(13)18(27)15-7-16(19)23-22-15/h6-7,10,12-13H,3-5,8-9H2,1-2H3,(H,20,21)(H,22,23). The number of hydrogen-bond donors (Lipinski definition) is 2. The van der Waals surface area contributed by atoms with Crippen molar-refractivity contribution in [1.29, 1.82) is 0 Å². The molecular weight excluding hydrogens is 351 g/mol. The number of piperidine rings is 2. The first kappa shape index (κ1) is 17.7. The van der Waals surface area contributed by atoms with Gasteiger partial charge in [0.1, 0.15) is 5.69 Å². The van der Waals surface area contributed by atoms with Crippen LogP contribution in [0.4, 0.5) is 4.39 Å². The van der Waals surface area contributed by atoms with Crippen molar-refractivity contribution < 1.29 is 14.0 Å². The molecule has 3 fully saturated rings. The van der Waals surface area contributed by atoms with E-state index >= 15 is 0 Å². The van der Waals surface area contributed by atoms with Gasteiger partial charge in [-0.15, -0.1) is 0 Å². The number of aromatic nitrogens is 4. The fraction of sp³-hybridized carbons (Fsp3) is 0.556. The number of amides is 2. The quantitative estimate of drug-likeness (QED) is 0.849. The molecule has 0 radical (unpaired) electrons. The van der Waals surface area contributed by atoms with Gasteiger partial charge in [-0.25, -0.2) is 0 Å². The Morgan fingerprint density at radius 3 is 2.11 bits per heavy atom. The molecule has 0 aromatic carbocycles. The highest BCUT2D eigenvalue weighted by molar-refractivity contribution is 5.94. The predicted molar refractivity (Wildman–Crippen MR) is 94.6 cm³/mol. The Bertz CT molecular complexity index is 860. The second kappa shape index (κ2) is 6.79. The average molecular weight is 374 g/mol. The van der Waals surface area contributed by atoms with E-state index in [0.29, 0.717) is 24.7 Å². The molecule has 27 heavy (non-hydrogen) atoms. The lowest BCUT2D eigenvalue weighted by Gasteiger charge is -2.51. The molecule has 2 unspecified atom stereocenters. The summed E-state index contributed by atoms with van der Waals surface area (Å²) >= 11 is 0. The van der Waals surface area contributed by atoms with E-state index in [-0.39, 0.29) is 29.6 Å². The minimum absolute atomic E-state index is 0.0551. The number of carbonyl (C=O) groups is 2. The molecule has 2 N–H and O–H groups in total. The van der Waals surface area contributed by atoms with Crippen molar-refractivity contribution in [2.45, 2.75) is 45.2 Å². The molecule has 2 bridgehead atoms. The molecule has 3 saturated heterocycles. The molecule has 5 heterocycles. The molecular formula is C18H23FN6O2. The topological polar surface area (TPSA) is 98.0 Å². The van der Waals surface area contributed by atoms with Gasteiger partial charge in [-0.05, 0) is 31.2 Å². The first-order valence-corrected chi connectivity index (χ1v) is 9.29. The van der Waals surface area contributed by atoms with Gasteiger partial charge in [-0.1, -0.05) is 13.8 Å². The van der Waals surface area contributed by atoms with Crippen LogP contribution in [0.5, 0.6) is 0 Å². The molecule has 9 heteroatoms. The van der Waals surface area contributed by atoms with Crippen molar-refractivity contribution in [3.8, 4) is 0 Å². The number of hydrogen-bond acceptors (Lipinski definition) is 4. The van der Waals surface area contributed by atoms with Gasteiger partial charge in [0.15, 0.2) is 5.69 Å². The lowest BCUT2D eigenvalue weighted by atomic mass is 9.90. The van der Waals surface area contributed by atoms with Crippen LogP contribution in [0.25, 0.3) is 0 Å². The first-order valence-electron chi connectivity index (χ1n) is 9.29. The van der Waals surface area contributed by atoms with Gasteiger partial charge in [-0.2, -0.15) is 14.6 Å². The van der Waals surface area contributed by atoms with Gasteiger partial charge in [-0.3, -0.25) is 19.8 Å². The van der Waals surface area contributed by atoms with E-state index in [9.17, 15) is 14.0 Å². The lowest BCUT2D eigenvalue weighted by molar-refractivity contribution is -0.00661. The molecule has 3 aliphatic rings. The second-order valence-corrected chi connectivity index (χ2v) is 7.78. The third kappa shape index (κ3) is 3.33. The van der Waals surface area contributed by atoms with Crippen molar-refractivity contribution in [3.63, 3.8) is 0 Å². The van der Waals surface area contributed by atoms with Crippen molar-refractivity contribution in [2.24, 2.45) is 5.92 Å². The Morgan fingerprint density at radius 1 is 1.07 bits per heavy atom. The van der Waals surface area contributed by atoms with E-state index in [1.165, 1.54) is 0 Å². The lowest BCUT2D eigenvalue weighted by Crippen LogP contribution is -2.65. The minimum atomic E-state index is -0.631. The number of aromatic amines is 2. The highest BCUT2D eigenvalue weighted by Crippen LogP contribution is 2.31. The molecule has 2 aromatic heterocycles. The molecule has 3 aliphatic heterocycles. The highest BCUT2D eigenvalue weighted by Gasteiger charge is 2.44. The van der Waals surface area contributed by atoms with Crippen molar-refractivity contribution in [1.82, 2.24) is 30.2 Å². The zero-order chi connectivity index (χ0) is 19.1. The number of nitrogens with one attached hydrogen (secondary N) is 2. The van der Waals surface area contributed by atoms with Crippen LogP contribution in [0, 0.1) is 11.9 Å². The number of carbonyl (C=O) groups excluding carboxylic acids is 2. The zero-order valence-electron chi connectivity index (χ0n) is 15.4. The van der Waals surface area contributed by atoms with Crippen molar-refractivity contribution >= 4 is 11.8 Å². The van der Waals surface area contributed by atoms with E-state index in [0.717, 1.165) is 31.0 Å². The van der Waals surface area contributed by atoms with Crippen LogP contribution in [0.3, 0.4) is 0 Å². The number of H-pyrrole nitrogens is 2. The van der Waals surface area contributed by atoms with Crippen LogP contribution in [-0.2, 0) is 6.42 Å². The molecule has 8 nitrogen and oxygen atoms in total. The molecule has 5 rings (SSSR count). The van der Waals surface area contributed by atoms with Crippen LogP contribution >= 0.6 is 0 Å². The van der Waals surface area contributed by atoms with E-state index in [1.807, 2.05) is 11.0 Å². The number of rotatable bonds is 4. The summed E-state index contributed by atoms with van der Waals surface area (Å²) in [6.07, 6.45) is 2.51. The maximum Gasteiger partial charge on any atom is 0.274 e. The van der Waals surface area contributed by atoms with Gasteiger partial charge in [0.2, 0.25) is 5.95 Å². The van der Waals surface area contributed by atoms with Crippen LogP contribution in [-0.4, -0.2) is 67.2 Å². The van der Waals surface area contributed by atoms with E-state index in [4.69, 9.17) is 0 Å². The van der Waals surface area contributed by atoms with Crippen LogP contribution in [0.15, 0.2) is 12.1 Å². The normalized spacial score (nSPS) is 21.9. The van der Waals surface area contributed by atoms with E-state index in [2.05, 4.69) is 34.2 Å². The van der Waals surface area contributed by atoms with Crippen LogP contribution in [0.1, 0.15) is 53.4 Å². The van der Waals surface area contributed by atoms with Crippen molar-refractivity contribution in [2.75, 3.05) is 13.1 Å². The highest BCUT2D eigenvalue weighted by atomic mass is 19.1. The number of piperazine rings is 1. The summed E-state index contributed by atoms with van der Waals surface area (Å²) < 4.78 is 13.1. The van der Waals surface area contributed by atoms with Gasteiger partial charge in [0.25, 0.3) is 11.8 Å². The van der Waals surface area contributed by atoms with Crippen molar-refractivity contribution in [3.05, 3.63) is 35.2 Å². The third-order valence-electron chi connectivity index (χ3n) is 5.30. The molecule has 144 valence electrons. The Hall–Kier alpha value is -2.71. The molecule has 2 amide bonds. The number of fused-ring (bicyclic) bond motifs is 3. The Morgan fingerprint density at radius 2 is 1.63 bits per heavy atom. The summed E-state index contributed by atoms with van der Waals surface area (Å²) in [5.41, 5.74) is 1.45. The van der Waals surface area contributed by atoms with Gasteiger partial charge >= 0.3 is 0 Å². The van der Waals surface area contributed by atoms with Crippen LogP contribution < -0.4 is 0 Å². The van der Waals surface area contributed by atoms with Gasteiger partial charge < -0.3 is 9.80 Å². The third-order valence-corrected chi connectivity index (χ3v) is 5.30. The number of halogens is 1. The minimum Gasteiger partial charge on any atom is -0.330 e. The summed E-state index contributed by atoms with van der Waals surface area (Å²) in [7, 11) is 0. The summed E-state index contributed by atoms with van der Waals surface area (Å²) in [5, 5.41) is 13.0. The molecule has 0 saturated carbocycles. The summed E-state index contributed by atoms with van der Waals surface area (Å²) in [6, 6.07) is 2.79. The Balaban J connectivity index is 1.46. The smallest absolute Gasteiger partial charge is 0.274 e. The second-order valence-electron chi connectivity index (χ2n) is 7.78. The number of nitrogens with zero attached hydrogens (tertiary/aromatic N) is 4. The fourth-order valence-electron chi connectivity index (χ4n) is 4.04. The zero-order valence-corrected chi connectivity index (χ0v) is 15.4. The van der Waals surface area contributed by atoms with Gasteiger partial charge in [0, 0.05) is 36.9 Å². The molecule has 0 aliphatic carbocycles. The summed E-state index contributed by atoms with van der Waals surface area (Å²) in [5.74, 6) is -0.552. The SMILES string of the molecule is CC(C)Cc1cc(C(=O)N2CC3CCC2CN3C(=O)c2cc(F)[nH]n2)n[nH]1. The van der Waals surface area contributed by atoms with Crippen LogP contribution in [0.2, 0.25) is 0 Å². The fourth-order valence-corrected chi connectivity index (χ4v) is 4.04. The Kier molecular flexibility index (Phi) is 4.45. The molecule has 0 spiro atoms. The maximum atomic E-state index is 13.1. The summed E-state index contributed by atoms with van der Waals surface area (Å²) in [4.78, 5) is 29.1. The Labute approximate surface area is 156 Å². The monoisotopic (exact) mass is 374 g/mol. The maximum absolute atomic E-state index is 13.1. The average Bonchev–Trinajstić information content (AvgIpc) is 3.29. The summed E-state index contributed by atoms with van der Waals surface area (Å²) in [6.45, 7) is 5.13. The van der Waals surface area contributed by atoms with E-state index in [1.54, 1.807) is 4.90 Å². The molecule has 2 atom stereocenters. The largest absolute Gasteiger partial charge is 0.330 e.